The van der Waals surface area contributed by atoms with Gasteiger partial charge < -0.3 is 9.64 Å². The summed E-state index contributed by atoms with van der Waals surface area (Å²) in [6, 6.07) is 0.302. The number of amides is 1. The van der Waals surface area contributed by atoms with Crippen LogP contribution in [0.3, 0.4) is 0 Å². The minimum absolute atomic E-state index is 0.197. The summed E-state index contributed by atoms with van der Waals surface area (Å²) in [6.45, 7) is 1.49. The summed E-state index contributed by atoms with van der Waals surface area (Å²) in [5.41, 5.74) is 0. The van der Waals surface area contributed by atoms with E-state index >= 15 is 0 Å². The first-order chi connectivity index (χ1) is 5.75. The number of nitrogens with zero attached hydrogens (tertiary/aromatic N) is 1. The Kier molecular flexibility index (Phi) is 4.01. The van der Waals surface area contributed by atoms with Gasteiger partial charge in [0.2, 0.25) is 5.91 Å². The molecule has 1 saturated heterocycles. The molecule has 0 aromatic rings. The lowest BCUT2D eigenvalue weighted by atomic mass is 10.2. The van der Waals surface area contributed by atoms with E-state index in [2.05, 4.69) is 15.9 Å². The molecule has 1 unspecified atom stereocenters. The van der Waals surface area contributed by atoms with Crippen LogP contribution in [-0.2, 0) is 9.53 Å². The molecule has 1 amide bonds. The Morgan fingerprint density at radius 1 is 1.75 bits per heavy atom. The minimum atomic E-state index is 0.197. The average molecular weight is 236 g/mol. The predicted molar refractivity (Wildman–Crippen MR) is 50.4 cm³/mol. The summed E-state index contributed by atoms with van der Waals surface area (Å²) in [6.07, 6.45) is 1.55. The number of likely N-dealkylation sites (N-methyl/N-ethyl adjacent to an activating group) is 1. The van der Waals surface area contributed by atoms with Gasteiger partial charge in [0.1, 0.15) is 0 Å². The van der Waals surface area contributed by atoms with Crippen molar-refractivity contribution in [3.05, 3.63) is 0 Å². The lowest BCUT2D eigenvalue weighted by molar-refractivity contribution is -0.131. The van der Waals surface area contributed by atoms with E-state index in [1.165, 1.54) is 0 Å². The molecule has 0 spiro atoms. The molecule has 12 heavy (non-hydrogen) atoms. The molecular weight excluding hydrogens is 222 g/mol. The number of halogens is 1. The molecule has 0 radical (unpaired) electrons. The molecule has 1 heterocycles. The third kappa shape index (κ3) is 2.45. The van der Waals surface area contributed by atoms with Crippen molar-refractivity contribution in [2.45, 2.75) is 18.9 Å². The van der Waals surface area contributed by atoms with Crippen molar-refractivity contribution in [2.24, 2.45) is 0 Å². The normalized spacial score (nSPS) is 22.7. The van der Waals surface area contributed by atoms with E-state index in [0.717, 1.165) is 18.4 Å². The monoisotopic (exact) mass is 235 g/mol. The highest BCUT2D eigenvalue weighted by atomic mass is 79.9. The average Bonchev–Trinajstić information content (AvgIpc) is 2.55. The predicted octanol–water partition coefficient (Wildman–Crippen LogP) is 1.02. The van der Waals surface area contributed by atoms with E-state index in [9.17, 15) is 4.79 Å². The van der Waals surface area contributed by atoms with Gasteiger partial charge in [-0.25, -0.2) is 0 Å². The van der Waals surface area contributed by atoms with Crippen LogP contribution in [0.1, 0.15) is 12.8 Å². The molecule has 1 aliphatic heterocycles. The van der Waals surface area contributed by atoms with Crippen LogP contribution in [-0.4, -0.2) is 42.4 Å². The summed E-state index contributed by atoms with van der Waals surface area (Å²) >= 11 is 3.25. The third-order valence-electron chi connectivity index (χ3n) is 2.16. The largest absolute Gasteiger partial charge is 0.379 e. The Balaban J connectivity index is 2.34. The number of ether oxygens (including phenoxy) is 1. The van der Waals surface area contributed by atoms with E-state index in [-0.39, 0.29) is 5.91 Å². The van der Waals surface area contributed by atoms with Crippen LogP contribution in [0.4, 0.5) is 0 Å². The second-order valence-electron chi connectivity index (χ2n) is 2.96. The van der Waals surface area contributed by atoms with Gasteiger partial charge in [0.25, 0.3) is 0 Å². The molecule has 0 saturated carbocycles. The molecule has 0 N–H and O–H groups in total. The quantitative estimate of drug-likeness (QED) is 0.684. The molecule has 1 atom stereocenters. The van der Waals surface area contributed by atoms with Gasteiger partial charge in [-0.3, -0.25) is 4.79 Å². The Morgan fingerprint density at radius 3 is 3.00 bits per heavy atom. The number of carbonyl (C=O) groups is 1. The molecule has 1 rings (SSSR count). The van der Waals surface area contributed by atoms with Gasteiger partial charge in [0, 0.05) is 25.4 Å². The van der Waals surface area contributed by atoms with Gasteiger partial charge >= 0.3 is 0 Å². The maximum atomic E-state index is 11.4. The third-order valence-corrected chi connectivity index (χ3v) is 2.55. The van der Waals surface area contributed by atoms with Gasteiger partial charge in [-0.15, -0.1) is 0 Å². The molecule has 0 bridgehead atoms. The highest BCUT2D eigenvalue weighted by Crippen LogP contribution is 2.11. The number of hydrogen-bond donors (Lipinski definition) is 0. The van der Waals surface area contributed by atoms with Gasteiger partial charge in [0.15, 0.2) is 0 Å². The molecule has 1 aliphatic rings. The van der Waals surface area contributed by atoms with Crippen LogP contribution in [0, 0.1) is 0 Å². The fraction of sp³-hybridized carbons (Fsp3) is 0.875. The van der Waals surface area contributed by atoms with Crippen molar-refractivity contribution >= 4 is 21.8 Å². The number of carbonyl (C=O) groups excluding carboxylic acids is 1. The van der Waals surface area contributed by atoms with Gasteiger partial charge in [-0.05, 0) is 6.42 Å². The summed E-state index contributed by atoms with van der Waals surface area (Å²) in [4.78, 5) is 13.2. The second-order valence-corrected chi connectivity index (χ2v) is 3.75. The van der Waals surface area contributed by atoms with Gasteiger partial charge in [-0.1, -0.05) is 15.9 Å². The Morgan fingerprint density at radius 2 is 2.50 bits per heavy atom. The first-order valence-corrected chi connectivity index (χ1v) is 5.27. The summed E-state index contributed by atoms with van der Waals surface area (Å²) in [5, 5.41) is 0.740. The number of alkyl halides is 1. The first kappa shape index (κ1) is 9.99. The van der Waals surface area contributed by atoms with Crippen molar-refractivity contribution in [1.82, 2.24) is 4.90 Å². The van der Waals surface area contributed by atoms with Crippen LogP contribution in [0.2, 0.25) is 0 Å². The molecule has 4 heteroatoms. The van der Waals surface area contributed by atoms with Crippen LogP contribution in [0.5, 0.6) is 0 Å². The van der Waals surface area contributed by atoms with Crippen molar-refractivity contribution in [1.29, 1.82) is 0 Å². The molecule has 0 aromatic carbocycles. The standard InChI is InChI=1S/C8H14BrNO2/c1-10(8(11)2-4-9)7-3-5-12-6-7/h7H,2-6H2,1H3. The smallest absolute Gasteiger partial charge is 0.223 e. The fourth-order valence-electron chi connectivity index (χ4n) is 1.29. The topological polar surface area (TPSA) is 29.5 Å². The maximum absolute atomic E-state index is 11.4. The Bertz CT molecular complexity index is 157. The van der Waals surface area contributed by atoms with E-state index in [1.807, 2.05) is 7.05 Å². The highest BCUT2D eigenvalue weighted by molar-refractivity contribution is 9.09. The Labute approximate surface area is 81.2 Å². The van der Waals surface area contributed by atoms with Crippen LogP contribution in [0.15, 0.2) is 0 Å². The van der Waals surface area contributed by atoms with E-state index in [4.69, 9.17) is 4.74 Å². The van der Waals surface area contributed by atoms with Crippen LogP contribution < -0.4 is 0 Å². The van der Waals surface area contributed by atoms with Crippen LogP contribution in [0.25, 0.3) is 0 Å². The van der Waals surface area contributed by atoms with Crippen molar-refractivity contribution in [3.63, 3.8) is 0 Å². The summed E-state index contributed by atoms with van der Waals surface area (Å²) in [7, 11) is 1.85. The number of hydrogen-bond acceptors (Lipinski definition) is 2. The van der Waals surface area contributed by atoms with Crippen molar-refractivity contribution in [2.75, 3.05) is 25.6 Å². The molecule has 3 nitrogen and oxygen atoms in total. The second kappa shape index (κ2) is 4.82. The van der Waals surface area contributed by atoms with Gasteiger partial charge in [-0.2, -0.15) is 0 Å². The summed E-state index contributed by atoms with van der Waals surface area (Å²) < 4.78 is 5.20. The highest BCUT2D eigenvalue weighted by Gasteiger charge is 2.23. The van der Waals surface area contributed by atoms with E-state index in [1.54, 1.807) is 4.90 Å². The van der Waals surface area contributed by atoms with Crippen molar-refractivity contribution < 1.29 is 9.53 Å². The van der Waals surface area contributed by atoms with E-state index < -0.39 is 0 Å². The molecular formula is C8H14BrNO2. The Hall–Kier alpha value is -0.0900. The lowest BCUT2D eigenvalue weighted by Gasteiger charge is -2.22. The van der Waals surface area contributed by atoms with Crippen molar-refractivity contribution in [3.8, 4) is 0 Å². The van der Waals surface area contributed by atoms with Gasteiger partial charge in [0.05, 0.1) is 12.6 Å². The molecule has 70 valence electrons. The van der Waals surface area contributed by atoms with Crippen LogP contribution >= 0.6 is 15.9 Å². The zero-order valence-electron chi connectivity index (χ0n) is 7.25. The molecule has 0 aliphatic carbocycles. The molecule has 1 fully saturated rings. The summed E-state index contributed by atoms with van der Waals surface area (Å²) in [5.74, 6) is 0.197. The van der Waals surface area contributed by atoms with E-state index in [0.29, 0.717) is 19.1 Å². The minimum Gasteiger partial charge on any atom is -0.379 e. The SMILES string of the molecule is CN(C(=O)CCBr)C1CCOC1. The zero-order chi connectivity index (χ0) is 8.97. The number of rotatable bonds is 3. The molecule has 0 aromatic heterocycles. The lowest BCUT2D eigenvalue weighted by Crippen LogP contribution is -2.37. The first-order valence-electron chi connectivity index (χ1n) is 4.15. The maximum Gasteiger partial charge on any atom is 0.223 e. The fourth-order valence-corrected chi connectivity index (χ4v) is 1.63. The zero-order valence-corrected chi connectivity index (χ0v) is 8.84.